The van der Waals surface area contributed by atoms with Crippen LogP contribution in [0.25, 0.3) is 0 Å². The topological polar surface area (TPSA) is 78.9 Å². The molecule has 4 atom stereocenters. The average Bonchev–Trinajstić information content (AvgIpc) is 2.94. The number of carboxylic acid groups (broad SMARTS) is 1. The van der Waals surface area contributed by atoms with E-state index in [0.717, 1.165) is 30.8 Å². The summed E-state index contributed by atoms with van der Waals surface area (Å²) in [5.41, 5.74) is -0.0559. The van der Waals surface area contributed by atoms with Crippen molar-refractivity contribution in [3.63, 3.8) is 0 Å². The Hall–Kier alpha value is -0.950. The SMILES string of the molecule is CC1CC(C(=O)O)CN(C(=O)NC2CCOC3(CCSC3)C2)C1. The fourth-order valence-electron chi connectivity index (χ4n) is 3.98. The summed E-state index contributed by atoms with van der Waals surface area (Å²) in [5.74, 6) is 1.12. The zero-order chi connectivity index (χ0) is 16.4. The number of rotatable bonds is 2. The average molecular weight is 342 g/mol. The van der Waals surface area contributed by atoms with E-state index in [-0.39, 0.29) is 23.6 Å². The first kappa shape index (κ1) is 16.9. The van der Waals surface area contributed by atoms with Crippen molar-refractivity contribution < 1.29 is 19.4 Å². The van der Waals surface area contributed by atoms with E-state index in [1.54, 1.807) is 4.90 Å². The lowest BCUT2D eigenvalue weighted by Gasteiger charge is -2.40. The number of aliphatic carboxylic acids is 1. The smallest absolute Gasteiger partial charge is 0.317 e. The Balaban J connectivity index is 1.56. The number of amides is 2. The van der Waals surface area contributed by atoms with Crippen molar-refractivity contribution in [2.75, 3.05) is 31.2 Å². The number of hydrogen-bond donors (Lipinski definition) is 2. The molecule has 2 N–H and O–H groups in total. The molecular weight excluding hydrogens is 316 g/mol. The Morgan fingerprint density at radius 3 is 2.91 bits per heavy atom. The molecule has 0 aromatic rings. The Morgan fingerprint density at radius 1 is 1.39 bits per heavy atom. The standard InChI is InChI=1S/C16H26N2O4S/c1-11-6-12(14(19)20)9-18(8-11)15(21)17-13-2-4-22-16(7-13)3-5-23-10-16/h11-13H,2-10H2,1H3,(H,17,21)(H,19,20). The second kappa shape index (κ2) is 6.89. The van der Waals surface area contributed by atoms with Gasteiger partial charge in [0.05, 0.1) is 11.5 Å². The molecule has 4 unspecified atom stereocenters. The molecule has 130 valence electrons. The number of ether oxygens (including phenoxy) is 1. The highest BCUT2D eigenvalue weighted by Gasteiger charge is 2.41. The van der Waals surface area contributed by atoms with Gasteiger partial charge in [-0.1, -0.05) is 6.92 Å². The summed E-state index contributed by atoms with van der Waals surface area (Å²) < 4.78 is 5.99. The van der Waals surface area contributed by atoms with Crippen LogP contribution in [0.5, 0.6) is 0 Å². The van der Waals surface area contributed by atoms with Gasteiger partial charge < -0.3 is 20.1 Å². The summed E-state index contributed by atoms with van der Waals surface area (Å²) in [7, 11) is 0. The number of thioether (sulfide) groups is 1. The van der Waals surface area contributed by atoms with Gasteiger partial charge in [-0.15, -0.1) is 0 Å². The maximum Gasteiger partial charge on any atom is 0.317 e. The molecule has 0 aliphatic carbocycles. The van der Waals surface area contributed by atoms with Gasteiger partial charge in [-0.3, -0.25) is 4.79 Å². The van der Waals surface area contributed by atoms with Gasteiger partial charge in [0.1, 0.15) is 0 Å². The van der Waals surface area contributed by atoms with Gasteiger partial charge in [0.25, 0.3) is 0 Å². The molecule has 3 heterocycles. The predicted octanol–water partition coefficient (Wildman–Crippen LogP) is 1.79. The van der Waals surface area contributed by atoms with Crippen molar-refractivity contribution in [3.8, 4) is 0 Å². The summed E-state index contributed by atoms with van der Waals surface area (Å²) in [6.07, 6.45) is 3.42. The summed E-state index contributed by atoms with van der Waals surface area (Å²) in [6.45, 7) is 3.66. The molecule has 3 aliphatic rings. The Kier molecular flexibility index (Phi) is 5.06. The Morgan fingerprint density at radius 2 is 2.22 bits per heavy atom. The van der Waals surface area contributed by atoms with Gasteiger partial charge in [-0.25, -0.2) is 4.79 Å². The fourth-order valence-corrected chi connectivity index (χ4v) is 5.35. The first-order valence-corrected chi connectivity index (χ1v) is 9.63. The number of urea groups is 1. The monoisotopic (exact) mass is 342 g/mol. The lowest BCUT2D eigenvalue weighted by atomic mass is 9.89. The minimum atomic E-state index is -0.803. The molecule has 1 spiro atoms. The molecule has 3 fully saturated rings. The molecule has 0 radical (unpaired) electrons. The van der Waals surface area contributed by atoms with Crippen LogP contribution < -0.4 is 5.32 Å². The lowest BCUT2D eigenvalue weighted by molar-refractivity contribution is -0.143. The number of hydrogen-bond acceptors (Lipinski definition) is 4. The van der Waals surface area contributed by atoms with E-state index < -0.39 is 11.9 Å². The molecule has 0 aromatic heterocycles. The third-order valence-corrected chi connectivity index (χ3v) is 6.41. The number of carbonyl (C=O) groups excluding carboxylic acids is 1. The second-order valence-corrected chi connectivity index (χ2v) is 8.36. The van der Waals surface area contributed by atoms with Crippen LogP contribution in [0.1, 0.15) is 32.6 Å². The van der Waals surface area contributed by atoms with E-state index in [2.05, 4.69) is 5.32 Å². The highest BCUT2D eigenvalue weighted by Crippen LogP contribution is 2.38. The van der Waals surface area contributed by atoms with Gasteiger partial charge >= 0.3 is 12.0 Å². The van der Waals surface area contributed by atoms with Gasteiger partial charge in [0.2, 0.25) is 0 Å². The van der Waals surface area contributed by atoms with Crippen molar-refractivity contribution in [1.29, 1.82) is 0 Å². The zero-order valence-corrected chi connectivity index (χ0v) is 14.4. The first-order valence-electron chi connectivity index (χ1n) is 8.47. The molecule has 0 bridgehead atoms. The minimum absolute atomic E-state index is 0.0559. The maximum atomic E-state index is 12.6. The van der Waals surface area contributed by atoms with Crippen molar-refractivity contribution >= 4 is 23.8 Å². The molecule has 3 aliphatic heterocycles. The van der Waals surface area contributed by atoms with Gasteiger partial charge in [-0.2, -0.15) is 11.8 Å². The molecule has 2 amide bonds. The third kappa shape index (κ3) is 3.94. The quantitative estimate of drug-likeness (QED) is 0.800. The molecule has 7 heteroatoms. The first-order chi connectivity index (χ1) is 11.0. The number of carboxylic acids is 1. The van der Waals surface area contributed by atoms with E-state index in [1.165, 1.54) is 0 Å². The van der Waals surface area contributed by atoms with E-state index in [0.29, 0.717) is 26.1 Å². The zero-order valence-electron chi connectivity index (χ0n) is 13.6. The largest absolute Gasteiger partial charge is 0.481 e. The summed E-state index contributed by atoms with van der Waals surface area (Å²) in [4.78, 5) is 25.5. The van der Waals surface area contributed by atoms with Crippen LogP contribution in [-0.4, -0.2) is 64.9 Å². The van der Waals surface area contributed by atoms with Crippen LogP contribution in [0.15, 0.2) is 0 Å². The van der Waals surface area contributed by atoms with Crippen LogP contribution in [0.3, 0.4) is 0 Å². The van der Waals surface area contributed by atoms with Crippen molar-refractivity contribution in [3.05, 3.63) is 0 Å². The maximum absolute atomic E-state index is 12.6. The third-order valence-electron chi connectivity index (χ3n) is 5.18. The number of nitrogens with one attached hydrogen (secondary N) is 1. The van der Waals surface area contributed by atoms with E-state index in [4.69, 9.17) is 4.74 Å². The second-order valence-electron chi connectivity index (χ2n) is 7.25. The fraction of sp³-hybridized carbons (Fsp3) is 0.875. The highest BCUT2D eigenvalue weighted by atomic mass is 32.2. The molecule has 3 saturated heterocycles. The number of likely N-dealkylation sites (tertiary alicyclic amines) is 1. The van der Waals surface area contributed by atoms with Gasteiger partial charge in [-0.05, 0) is 37.4 Å². The Labute approximate surface area is 141 Å². The van der Waals surface area contributed by atoms with Crippen LogP contribution >= 0.6 is 11.8 Å². The van der Waals surface area contributed by atoms with Crippen molar-refractivity contribution in [2.45, 2.75) is 44.2 Å². The molecular formula is C16H26N2O4S. The minimum Gasteiger partial charge on any atom is -0.481 e. The Bertz CT molecular complexity index is 467. The summed E-state index contributed by atoms with van der Waals surface area (Å²) in [6, 6.07) is 0.0194. The number of carbonyl (C=O) groups is 2. The summed E-state index contributed by atoms with van der Waals surface area (Å²) in [5, 5.41) is 12.4. The summed E-state index contributed by atoms with van der Waals surface area (Å²) >= 11 is 1.92. The molecule has 3 rings (SSSR count). The van der Waals surface area contributed by atoms with Crippen LogP contribution in [-0.2, 0) is 9.53 Å². The lowest BCUT2D eigenvalue weighted by Crippen LogP contribution is -2.54. The van der Waals surface area contributed by atoms with Crippen LogP contribution in [0, 0.1) is 11.8 Å². The van der Waals surface area contributed by atoms with Gasteiger partial charge in [0, 0.05) is 31.5 Å². The molecule has 6 nitrogen and oxygen atoms in total. The normalized spacial score (nSPS) is 37.8. The molecule has 23 heavy (non-hydrogen) atoms. The van der Waals surface area contributed by atoms with Crippen molar-refractivity contribution in [2.24, 2.45) is 11.8 Å². The molecule has 0 saturated carbocycles. The number of nitrogens with zero attached hydrogens (tertiary/aromatic N) is 1. The highest BCUT2D eigenvalue weighted by molar-refractivity contribution is 7.99. The van der Waals surface area contributed by atoms with Crippen molar-refractivity contribution in [1.82, 2.24) is 10.2 Å². The van der Waals surface area contributed by atoms with Crippen LogP contribution in [0.2, 0.25) is 0 Å². The number of piperidine rings is 1. The van der Waals surface area contributed by atoms with E-state index >= 15 is 0 Å². The van der Waals surface area contributed by atoms with E-state index in [9.17, 15) is 14.7 Å². The van der Waals surface area contributed by atoms with Crippen LogP contribution in [0.4, 0.5) is 4.79 Å². The van der Waals surface area contributed by atoms with Gasteiger partial charge in [0.15, 0.2) is 0 Å². The van der Waals surface area contributed by atoms with E-state index in [1.807, 2.05) is 18.7 Å². The molecule has 0 aromatic carbocycles. The predicted molar refractivity (Wildman–Crippen MR) is 88.7 cm³/mol.